The van der Waals surface area contributed by atoms with Gasteiger partial charge >= 0.3 is 12.2 Å². The van der Waals surface area contributed by atoms with Crippen molar-refractivity contribution in [2.75, 3.05) is 44.7 Å². The largest absolute Gasteiger partial charge is 1.00 e. The maximum Gasteiger partial charge on any atom is 0.407 e. The summed E-state index contributed by atoms with van der Waals surface area (Å²) in [6.07, 6.45) is 10.6. The first-order valence-corrected chi connectivity index (χ1v) is 26.7. The third kappa shape index (κ3) is 27.7. The first-order chi connectivity index (χ1) is 37.0. The Hall–Kier alpha value is -7.30. The first-order valence-electron chi connectivity index (χ1n) is 25.5. The number of phenolic OH excluding ortho intramolecular Hbond substituents is 1. The van der Waals surface area contributed by atoms with E-state index < -0.39 is 17.3 Å². The molecule has 0 fully saturated rings. The van der Waals surface area contributed by atoms with Gasteiger partial charge in [-0.3, -0.25) is 9.59 Å². The second kappa shape index (κ2) is 39.1. The van der Waals surface area contributed by atoms with Crippen molar-refractivity contribution >= 4 is 79.1 Å². The lowest BCUT2D eigenvalue weighted by Crippen LogP contribution is -3.00. The number of fused-ring (bicyclic) bond motifs is 3. The van der Waals surface area contributed by atoms with Gasteiger partial charge in [0.25, 0.3) is 0 Å². The Morgan fingerprint density at radius 3 is 1.47 bits per heavy atom. The molecule has 0 atom stereocenters. The van der Waals surface area contributed by atoms with Crippen LogP contribution in [-0.2, 0) is 9.47 Å². The zero-order valence-corrected chi connectivity index (χ0v) is 49.2. The number of aldehydes is 2. The second-order valence-corrected chi connectivity index (χ2v) is 19.6. The number of aromatic hydroxyl groups is 1. The molecular weight excluding hydrogens is 1120 g/mol. The van der Waals surface area contributed by atoms with E-state index >= 15 is 0 Å². The summed E-state index contributed by atoms with van der Waals surface area (Å²) in [5, 5.41) is 28.1. The second-order valence-electron chi connectivity index (χ2n) is 18.8. The van der Waals surface area contributed by atoms with Crippen LogP contribution in [0.5, 0.6) is 17.2 Å². The molecule has 0 unspecified atom stereocenters. The minimum atomic E-state index is -0.500. The summed E-state index contributed by atoms with van der Waals surface area (Å²) in [5.41, 5.74) is 17.5. The first kappa shape index (κ1) is 68.7. The van der Waals surface area contributed by atoms with Gasteiger partial charge in [0.05, 0.1) is 13.2 Å². The monoisotopic (exact) mass is 1200 g/mol. The molecule has 0 bridgehead atoms. The van der Waals surface area contributed by atoms with Gasteiger partial charge in [-0.05, 0) is 130 Å². The molecule has 6 aromatic carbocycles. The number of benzene rings is 6. The van der Waals surface area contributed by atoms with E-state index in [-0.39, 0.29) is 28.8 Å². The van der Waals surface area contributed by atoms with Crippen molar-refractivity contribution < 1.29 is 60.2 Å². The maximum absolute atomic E-state index is 11.5. The number of nitrogens with one attached hydrogen (secondary N) is 2. The van der Waals surface area contributed by atoms with E-state index in [1.54, 1.807) is 24.3 Å². The quantitative estimate of drug-likeness (QED) is 0.0164. The van der Waals surface area contributed by atoms with Crippen LogP contribution in [0.2, 0.25) is 0 Å². The average molecular weight is 1200 g/mol. The van der Waals surface area contributed by atoms with Gasteiger partial charge in [0.15, 0.2) is 12.6 Å². The number of hydrogen-bond acceptors (Lipinski definition) is 11. The van der Waals surface area contributed by atoms with Gasteiger partial charge in [-0.25, -0.2) is 9.59 Å². The maximum atomic E-state index is 11.5. The van der Waals surface area contributed by atoms with Gasteiger partial charge in [0, 0.05) is 68.6 Å². The standard InChI is InChI=1S/C19H23NO4.C17H19N3O.C11H8O2.C8H16BrNO2.C4H9N3.BrH/c1-19(2,3)24-18(22)20-11-6-12-23-17-10-9-14(13-21)15-7-4-5-8-16(15)17;1-2-3-13-21-17-11-10-14(7-6-12-19-20-18)15-8-4-5-9-16(15)17;12-7-8-5-6-11(13)10-4-2-1-3-9(8)10;1-8(2,3)12-7(11)10-6-4-5-9;1-2-3-4-6-7-5;/h4-5,7-10,13H,6,11-12H2,1-3H3,(H,20,22);4-11H,2-3,12-13H2,1H3;1-7,13H;4-6H2,1-3H3,(H,10,11);2-4H2,1H3;1H/p-1/b;7-6+;;;;. The molecule has 17 nitrogen and oxygen atoms in total. The van der Waals surface area contributed by atoms with Crippen LogP contribution in [0.4, 0.5) is 9.59 Å². The van der Waals surface area contributed by atoms with E-state index in [2.05, 4.69) is 72.6 Å². The lowest BCUT2D eigenvalue weighted by Gasteiger charge is -2.19. The van der Waals surface area contributed by atoms with Crippen LogP contribution in [0.25, 0.3) is 59.3 Å². The molecule has 6 aromatic rings. The highest BCUT2D eigenvalue weighted by atomic mass is 79.9. The number of unbranched alkanes of at least 4 members (excludes halogenated alkanes) is 2. The Kier molecular flexibility index (Phi) is 34.5. The van der Waals surface area contributed by atoms with E-state index in [4.69, 9.17) is 30.0 Å². The number of carbonyl (C=O) groups is 4. The fourth-order valence-corrected chi connectivity index (χ4v) is 6.97. The topological polar surface area (TPSA) is 247 Å². The van der Waals surface area contributed by atoms with Gasteiger partial charge < -0.3 is 51.7 Å². The third-order valence-electron chi connectivity index (χ3n) is 10.2. The number of hydrogen-bond donors (Lipinski definition) is 3. The van der Waals surface area contributed by atoms with Crippen LogP contribution >= 0.6 is 15.9 Å². The summed E-state index contributed by atoms with van der Waals surface area (Å²) >= 11 is 3.27. The molecule has 420 valence electrons. The van der Waals surface area contributed by atoms with Crippen LogP contribution in [0.15, 0.2) is 125 Å². The summed E-state index contributed by atoms with van der Waals surface area (Å²) in [6, 6.07) is 33.8. The molecule has 0 heterocycles. The Labute approximate surface area is 477 Å². The minimum Gasteiger partial charge on any atom is -1.00 e. The molecule has 2 amide bonds. The molecule has 78 heavy (non-hydrogen) atoms. The predicted octanol–water partition coefficient (Wildman–Crippen LogP) is 13.0. The number of carbonyl (C=O) groups excluding carboxylic acids is 4. The van der Waals surface area contributed by atoms with E-state index in [9.17, 15) is 24.3 Å². The normalized spacial score (nSPS) is 10.4. The molecule has 0 aromatic heterocycles. The molecule has 0 radical (unpaired) electrons. The number of alkyl carbamates (subject to hydrolysis) is 2. The zero-order chi connectivity index (χ0) is 56.9. The molecule has 0 aliphatic heterocycles. The van der Waals surface area contributed by atoms with E-state index in [0.29, 0.717) is 55.7 Å². The van der Waals surface area contributed by atoms with Crippen LogP contribution in [-0.4, -0.2) is 85.8 Å². The van der Waals surface area contributed by atoms with E-state index in [1.165, 1.54) is 6.07 Å². The van der Waals surface area contributed by atoms with Crippen LogP contribution in [0, 0.1) is 0 Å². The summed E-state index contributed by atoms with van der Waals surface area (Å²) in [7, 11) is 0. The molecular formula is C59H75Br2N8O9-. The molecule has 0 spiro atoms. The summed E-state index contributed by atoms with van der Waals surface area (Å²) in [6.45, 7) is 18.5. The van der Waals surface area contributed by atoms with Crippen LogP contribution < -0.4 is 37.1 Å². The number of alkyl halides is 1. The van der Waals surface area contributed by atoms with Crippen LogP contribution in [0.3, 0.4) is 0 Å². The Bertz CT molecular complexity index is 2890. The molecule has 19 heteroatoms. The van der Waals surface area contributed by atoms with Crippen molar-refractivity contribution in [1.82, 2.24) is 10.6 Å². The number of halogens is 2. The lowest BCUT2D eigenvalue weighted by atomic mass is 10.0. The summed E-state index contributed by atoms with van der Waals surface area (Å²) < 4.78 is 21.8. The molecule has 0 saturated carbocycles. The molecule has 3 N–H and O–H groups in total. The fourth-order valence-electron chi connectivity index (χ4n) is 6.69. The highest BCUT2D eigenvalue weighted by molar-refractivity contribution is 9.09. The zero-order valence-electron chi connectivity index (χ0n) is 46.0. The van der Waals surface area contributed by atoms with Gasteiger partial charge in [0.2, 0.25) is 0 Å². The number of rotatable bonds is 20. The average Bonchev–Trinajstić information content (AvgIpc) is 3.41. The van der Waals surface area contributed by atoms with Crippen LogP contribution in [0.1, 0.15) is 120 Å². The summed E-state index contributed by atoms with van der Waals surface area (Å²) in [4.78, 5) is 49.6. The van der Waals surface area contributed by atoms with Crippen molar-refractivity contribution in [3.63, 3.8) is 0 Å². The Morgan fingerprint density at radius 1 is 0.590 bits per heavy atom. The minimum absolute atomic E-state index is 0. The summed E-state index contributed by atoms with van der Waals surface area (Å²) in [5.74, 6) is 1.86. The molecule has 0 aliphatic rings. The van der Waals surface area contributed by atoms with Gasteiger partial charge in [-0.15, -0.1) is 0 Å². The lowest BCUT2D eigenvalue weighted by molar-refractivity contribution is -0.0000713. The fraction of sp³-hybridized carbons (Fsp3) is 0.390. The highest BCUT2D eigenvalue weighted by Crippen LogP contribution is 2.31. The number of nitrogens with zero attached hydrogens (tertiary/aromatic N) is 6. The van der Waals surface area contributed by atoms with E-state index in [1.807, 2.05) is 120 Å². The van der Waals surface area contributed by atoms with E-state index in [0.717, 1.165) is 101 Å². The SMILES string of the molecule is CC(C)(C)OC(=O)NCCCBr.CC(C)(C)OC(=O)NCCCOc1ccc(C=O)c2ccccc12.CCCCN=[N+]=[N-].CCCCOc1ccc(/C=C/CN=[N+]=[N-])c2ccccc12.O=Cc1ccc(O)c2ccccc12.[Br-]. The number of ether oxygens (including phenoxy) is 4. The number of azide groups is 2. The number of amides is 2. The Morgan fingerprint density at radius 2 is 1.01 bits per heavy atom. The van der Waals surface area contributed by atoms with Crippen molar-refractivity contribution in [3.05, 3.63) is 153 Å². The third-order valence-corrected chi connectivity index (χ3v) is 10.8. The molecule has 0 saturated heterocycles. The smallest absolute Gasteiger partial charge is 0.407 e. The highest BCUT2D eigenvalue weighted by Gasteiger charge is 2.16. The predicted molar refractivity (Wildman–Crippen MR) is 314 cm³/mol. The van der Waals surface area contributed by atoms with Crippen molar-refractivity contribution in [2.24, 2.45) is 10.2 Å². The Balaban J connectivity index is 0.000000513. The molecule has 0 aliphatic carbocycles. The molecule has 6 rings (SSSR count). The van der Waals surface area contributed by atoms with Crippen molar-refractivity contribution in [2.45, 2.75) is 105 Å². The van der Waals surface area contributed by atoms with Crippen molar-refractivity contribution in [1.29, 1.82) is 0 Å². The van der Waals surface area contributed by atoms with Gasteiger partial charge in [-0.1, -0.05) is 144 Å². The van der Waals surface area contributed by atoms with Gasteiger partial charge in [-0.2, -0.15) is 0 Å². The van der Waals surface area contributed by atoms with Gasteiger partial charge in [0.1, 0.15) is 28.5 Å². The number of phenols is 1. The van der Waals surface area contributed by atoms with Crippen molar-refractivity contribution in [3.8, 4) is 17.2 Å².